The van der Waals surface area contributed by atoms with Crippen LogP contribution in [0.5, 0.6) is 0 Å². The van der Waals surface area contributed by atoms with E-state index in [2.05, 4.69) is 61.8 Å². The van der Waals surface area contributed by atoms with Crippen LogP contribution in [0.15, 0.2) is 36.9 Å². The third kappa shape index (κ3) is 5.29. The molecule has 1 saturated carbocycles. The molecule has 1 aromatic carbocycles. The Labute approximate surface area is 130 Å². The molecule has 1 unspecified atom stereocenters. The molecule has 1 atom stereocenters. The highest BCUT2D eigenvalue weighted by Gasteiger charge is 2.27. The van der Waals surface area contributed by atoms with E-state index in [-0.39, 0.29) is 0 Å². The zero-order valence-electron chi connectivity index (χ0n) is 13.8. The molecule has 1 fully saturated rings. The number of nitrogens with zero attached hydrogens (tertiary/aromatic N) is 1. The Kier molecular flexibility index (Phi) is 6.01. The third-order valence-electron chi connectivity index (χ3n) is 4.19. The first-order valence-corrected chi connectivity index (χ1v) is 8.27. The Morgan fingerprint density at radius 3 is 2.43 bits per heavy atom. The van der Waals surface area contributed by atoms with Crippen molar-refractivity contribution in [2.24, 2.45) is 0 Å². The van der Waals surface area contributed by atoms with Crippen molar-refractivity contribution in [3.8, 4) is 0 Å². The van der Waals surface area contributed by atoms with Gasteiger partial charge < -0.3 is 5.32 Å². The highest BCUT2D eigenvalue weighted by atomic mass is 15.2. The molecule has 0 radical (unpaired) electrons. The van der Waals surface area contributed by atoms with Gasteiger partial charge in [0, 0.05) is 31.7 Å². The van der Waals surface area contributed by atoms with Crippen LogP contribution in [0.1, 0.15) is 50.7 Å². The fourth-order valence-corrected chi connectivity index (χ4v) is 2.66. The van der Waals surface area contributed by atoms with Crippen molar-refractivity contribution in [1.29, 1.82) is 0 Å². The molecule has 0 aliphatic heterocycles. The molecule has 1 aliphatic carbocycles. The van der Waals surface area contributed by atoms with E-state index in [4.69, 9.17) is 0 Å². The molecule has 0 spiro atoms. The van der Waals surface area contributed by atoms with Crippen molar-refractivity contribution < 1.29 is 0 Å². The quantitative estimate of drug-likeness (QED) is 0.692. The van der Waals surface area contributed by atoms with Crippen molar-refractivity contribution in [1.82, 2.24) is 10.2 Å². The monoisotopic (exact) mass is 286 g/mol. The van der Waals surface area contributed by atoms with Gasteiger partial charge in [0.25, 0.3) is 0 Å². The number of benzene rings is 1. The summed E-state index contributed by atoms with van der Waals surface area (Å²) in [5.74, 6) is 0.564. The van der Waals surface area contributed by atoms with Gasteiger partial charge in [0.1, 0.15) is 0 Å². The minimum atomic E-state index is 0.553. The molecule has 0 amide bonds. The fraction of sp³-hybridized carbons (Fsp3) is 0.579. The van der Waals surface area contributed by atoms with E-state index < -0.39 is 0 Å². The van der Waals surface area contributed by atoms with Gasteiger partial charge in [-0.2, -0.15) is 0 Å². The highest BCUT2D eigenvalue weighted by Crippen LogP contribution is 2.28. The third-order valence-corrected chi connectivity index (χ3v) is 4.19. The van der Waals surface area contributed by atoms with E-state index in [9.17, 15) is 0 Å². The molecule has 2 nitrogen and oxygen atoms in total. The Morgan fingerprint density at radius 1 is 1.24 bits per heavy atom. The van der Waals surface area contributed by atoms with Crippen molar-refractivity contribution in [3.05, 3.63) is 48.0 Å². The summed E-state index contributed by atoms with van der Waals surface area (Å²) in [7, 11) is 0. The second-order valence-corrected chi connectivity index (χ2v) is 6.65. The molecule has 0 heterocycles. The summed E-state index contributed by atoms with van der Waals surface area (Å²) in [5, 5.41) is 3.51. The van der Waals surface area contributed by atoms with Crippen molar-refractivity contribution in [3.63, 3.8) is 0 Å². The molecule has 1 N–H and O–H groups in total. The number of hydrogen-bond donors (Lipinski definition) is 1. The number of hydrogen-bond acceptors (Lipinski definition) is 2. The van der Waals surface area contributed by atoms with E-state index in [1.54, 1.807) is 0 Å². The first-order valence-electron chi connectivity index (χ1n) is 8.27. The maximum atomic E-state index is 3.88. The summed E-state index contributed by atoms with van der Waals surface area (Å²) in [6.45, 7) is 13.7. The average molecular weight is 286 g/mol. The second kappa shape index (κ2) is 7.77. The van der Waals surface area contributed by atoms with Gasteiger partial charge in [-0.15, -0.1) is 6.58 Å². The van der Waals surface area contributed by atoms with Gasteiger partial charge in [-0.1, -0.05) is 51.1 Å². The van der Waals surface area contributed by atoms with Crippen LogP contribution in [0.2, 0.25) is 0 Å². The summed E-state index contributed by atoms with van der Waals surface area (Å²) in [4.78, 5) is 2.53. The van der Waals surface area contributed by atoms with Gasteiger partial charge in [-0.3, -0.25) is 4.90 Å². The summed E-state index contributed by atoms with van der Waals surface area (Å²) < 4.78 is 0. The average Bonchev–Trinajstić information content (AvgIpc) is 3.29. The standard InChI is InChI=1S/C19H30N2/c1-5-12-21(19-10-11-19)14-17-6-8-18(9-7-17)16(4)13-20-15(2)3/h5-9,15-16,19-20H,1,10-14H2,2-4H3. The van der Waals surface area contributed by atoms with E-state index >= 15 is 0 Å². The lowest BCUT2D eigenvalue weighted by molar-refractivity contribution is 0.284. The molecule has 2 heteroatoms. The predicted molar refractivity (Wildman–Crippen MR) is 91.6 cm³/mol. The first kappa shape index (κ1) is 16.3. The van der Waals surface area contributed by atoms with Gasteiger partial charge in [0.15, 0.2) is 0 Å². The molecule has 116 valence electrons. The van der Waals surface area contributed by atoms with Gasteiger partial charge >= 0.3 is 0 Å². The minimum absolute atomic E-state index is 0.553. The SMILES string of the molecule is C=CCN(Cc1ccc(C(C)CNC(C)C)cc1)C1CC1. The van der Waals surface area contributed by atoms with Crippen LogP contribution in [0.25, 0.3) is 0 Å². The molecule has 0 bridgehead atoms. The van der Waals surface area contributed by atoms with Crippen molar-refractivity contribution in [2.75, 3.05) is 13.1 Å². The summed E-state index contributed by atoms with van der Waals surface area (Å²) >= 11 is 0. The minimum Gasteiger partial charge on any atom is -0.314 e. The maximum Gasteiger partial charge on any atom is 0.0239 e. The van der Waals surface area contributed by atoms with Crippen LogP contribution in [0.4, 0.5) is 0 Å². The van der Waals surface area contributed by atoms with E-state index in [1.807, 2.05) is 6.08 Å². The molecule has 1 aliphatic rings. The molecule has 1 aromatic rings. The maximum absolute atomic E-state index is 3.88. The second-order valence-electron chi connectivity index (χ2n) is 6.65. The smallest absolute Gasteiger partial charge is 0.0239 e. The van der Waals surface area contributed by atoms with Crippen LogP contribution in [-0.4, -0.2) is 30.1 Å². The molecule has 0 aromatic heterocycles. The van der Waals surface area contributed by atoms with Crippen molar-refractivity contribution >= 4 is 0 Å². The molecule has 21 heavy (non-hydrogen) atoms. The van der Waals surface area contributed by atoms with Crippen LogP contribution in [0, 0.1) is 0 Å². The Bertz CT molecular complexity index is 431. The lowest BCUT2D eigenvalue weighted by Gasteiger charge is -2.21. The molecule has 0 saturated heterocycles. The lowest BCUT2D eigenvalue weighted by atomic mass is 9.99. The van der Waals surface area contributed by atoms with E-state index in [0.29, 0.717) is 12.0 Å². The first-order chi connectivity index (χ1) is 10.1. The number of nitrogens with one attached hydrogen (secondary N) is 1. The van der Waals surface area contributed by atoms with Gasteiger partial charge in [0.2, 0.25) is 0 Å². The van der Waals surface area contributed by atoms with E-state index in [1.165, 1.54) is 24.0 Å². The Morgan fingerprint density at radius 2 is 1.90 bits per heavy atom. The molecular weight excluding hydrogens is 256 g/mol. The van der Waals surface area contributed by atoms with Gasteiger partial charge in [-0.25, -0.2) is 0 Å². The fourth-order valence-electron chi connectivity index (χ4n) is 2.66. The van der Waals surface area contributed by atoms with Crippen LogP contribution >= 0.6 is 0 Å². The van der Waals surface area contributed by atoms with Crippen LogP contribution in [0.3, 0.4) is 0 Å². The zero-order chi connectivity index (χ0) is 15.2. The van der Waals surface area contributed by atoms with Crippen molar-refractivity contribution in [2.45, 2.75) is 58.2 Å². The zero-order valence-corrected chi connectivity index (χ0v) is 13.8. The largest absolute Gasteiger partial charge is 0.314 e. The Balaban J connectivity index is 1.89. The highest BCUT2D eigenvalue weighted by molar-refractivity contribution is 5.25. The van der Waals surface area contributed by atoms with Crippen LogP contribution < -0.4 is 5.32 Å². The summed E-state index contributed by atoms with van der Waals surface area (Å²) in [5.41, 5.74) is 2.84. The van der Waals surface area contributed by atoms with Gasteiger partial charge in [-0.05, 0) is 29.9 Å². The Hall–Kier alpha value is -1.12. The molecule has 2 rings (SSSR count). The predicted octanol–water partition coefficient (Wildman–Crippen LogP) is 3.94. The normalized spacial score (nSPS) is 16.4. The van der Waals surface area contributed by atoms with E-state index in [0.717, 1.165) is 25.7 Å². The van der Waals surface area contributed by atoms with Gasteiger partial charge in [0.05, 0.1) is 0 Å². The summed E-state index contributed by atoms with van der Waals surface area (Å²) in [6.07, 6.45) is 4.72. The number of rotatable bonds is 9. The van der Waals surface area contributed by atoms with Crippen LogP contribution in [-0.2, 0) is 6.54 Å². The summed E-state index contributed by atoms with van der Waals surface area (Å²) in [6, 6.07) is 10.5. The molecular formula is C19H30N2. The topological polar surface area (TPSA) is 15.3 Å². The lowest BCUT2D eigenvalue weighted by Crippen LogP contribution is -2.27.